The van der Waals surface area contributed by atoms with Gasteiger partial charge in [0.05, 0.1) is 12.2 Å². The summed E-state index contributed by atoms with van der Waals surface area (Å²) < 4.78 is 5.68. The Kier molecular flexibility index (Phi) is 6.60. The summed E-state index contributed by atoms with van der Waals surface area (Å²) in [5, 5.41) is 1.76. The van der Waals surface area contributed by atoms with Gasteiger partial charge in [0.25, 0.3) is 5.91 Å². The van der Waals surface area contributed by atoms with E-state index in [1.54, 1.807) is 9.80 Å². The van der Waals surface area contributed by atoms with Crippen LogP contribution < -0.4 is 0 Å². The van der Waals surface area contributed by atoms with E-state index in [1.165, 1.54) is 0 Å². The summed E-state index contributed by atoms with van der Waals surface area (Å²) in [6.07, 6.45) is 2.84. The number of carbonyl (C=O) groups is 2. The van der Waals surface area contributed by atoms with Crippen LogP contribution in [0.15, 0.2) is 48.5 Å². The van der Waals surface area contributed by atoms with E-state index in [0.717, 1.165) is 47.2 Å². The minimum atomic E-state index is -1.07. The molecule has 1 saturated heterocycles. The minimum absolute atomic E-state index is 0.0257. The molecule has 0 spiro atoms. The van der Waals surface area contributed by atoms with E-state index in [9.17, 15) is 9.59 Å². The molecule has 184 valence electrons. The Morgan fingerprint density at radius 3 is 2.60 bits per heavy atom. The van der Waals surface area contributed by atoms with Crippen molar-refractivity contribution in [3.63, 3.8) is 0 Å². The third kappa shape index (κ3) is 4.13. The van der Waals surface area contributed by atoms with Crippen LogP contribution in [0.1, 0.15) is 55.8 Å². The van der Waals surface area contributed by atoms with Crippen LogP contribution in [0, 0.1) is 0 Å². The van der Waals surface area contributed by atoms with Crippen molar-refractivity contribution in [2.45, 2.75) is 44.6 Å². The molecule has 3 aromatic rings. The first-order valence-corrected chi connectivity index (χ1v) is 12.9. The van der Waals surface area contributed by atoms with Crippen molar-refractivity contribution in [2.75, 3.05) is 32.8 Å². The Balaban J connectivity index is 1.52. The molecule has 1 fully saturated rings. The monoisotopic (exact) mass is 493 g/mol. The van der Waals surface area contributed by atoms with Crippen molar-refractivity contribution in [1.29, 1.82) is 0 Å². The molecule has 2 aliphatic heterocycles. The smallest absolute Gasteiger partial charge is 0.254 e. The second-order valence-corrected chi connectivity index (χ2v) is 10.1. The lowest BCUT2D eigenvalue weighted by atomic mass is 9.76. The predicted octanol–water partition coefficient (Wildman–Crippen LogP) is 5.06. The molecule has 6 nitrogen and oxygen atoms in total. The maximum atomic E-state index is 14.0. The fraction of sp³-hybridized carbons (Fsp3) is 0.429. The van der Waals surface area contributed by atoms with Gasteiger partial charge in [-0.05, 0) is 49.1 Å². The third-order valence-electron chi connectivity index (χ3n) is 7.45. The molecule has 0 unspecified atom stereocenters. The highest BCUT2D eigenvalue weighted by Crippen LogP contribution is 2.48. The molecule has 5 rings (SSSR count). The Morgan fingerprint density at radius 1 is 1.09 bits per heavy atom. The maximum absolute atomic E-state index is 14.0. The van der Waals surface area contributed by atoms with Crippen molar-refractivity contribution < 1.29 is 14.3 Å². The largest absolute Gasteiger partial charge is 0.381 e. The lowest BCUT2D eigenvalue weighted by Crippen LogP contribution is -2.67. The first-order chi connectivity index (χ1) is 16.9. The van der Waals surface area contributed by atoms with Crippen LogP contribution in [0.3, 0.4) is 0 Å². The molecule has 2 atom stereocenters. The van der Waals surface area contributed by atoms with Crippen LogP contribution in [-0.4, -0.2) is 59.4 Å². The molecule has 0 radical (unpaired) electrons. The van der Waals surface area contributed by atoms with Gasteiger partial charge in [0.2, 0.25) is 5.91 Å². The van der Waals surface area contributed by atoms with Gasteiger partial charge < -0.3 is 19.5 Å². The summed E-state index contributed by atoms with van der Waals surface area (Å²) in [5.74, 6) is -0.114. The summed E-state index contributed by atoms with van der Waals surface area (Å²) in [5.41, 5.74) is 2.88. The summed E-state index contributed by atoms with van der Waals surface area (Å²) >= 11 is 6.16. The van der Waals surface area contributed by atoms with Gasteiger partial charge >= 0.3 is 0 Å². The Morgan fingerprint density at radius 2 is 1.83 bits per heavy atom. The van der Waals surface area contributed by atoms with Crippen molar-refractivity contribution >= 4 is 34.3 Å². The number of amides is 2. The number of unbranched alkanes of at least 4 members (excludes halogenated alkanes) is 1. The minimum Gasteiger partial charge on any atom is -0.381 e. The van der Waals surface area contributed by atoms with Gasteiger partial charge in [-0.25, -0.2) is 0 Å². The van der Waals surface area contributed by atoms with Crippen LogP contribution >= 0.6 is 11.6 Å². The number of aromatic amines is 1. The van der Waals surface area contributed by atoms with Gasteiger partial charge in [-0.3, -0.25) is 9.59 Å². The average molecular weight is 494 g/mol. The number of fused-ring (bicyclic) bond motifs is 5. The second kappa shape index (κ2) is 9.67. The molecular formula is C28H32ClN3O3. The van der Waals surface area contributed by atoms with Crippen molar-refractivity contribution in [1.82, 2.24) is 14.8 Å². The van der Waals surface area contributed by atoms with Gasteiger partial charge in [-0.1, -0.05) is 55.3 Å². The highest BCUT2D eigenvalue weighted by atomic mass is 35.5. The lowest BCUT2D eigenvalue weighted by Gasteiger charge is -2.51. The lowest BCUT2D eigenvalue weighted by molar-refractivity contribution is -0.166. The highest BCUT2D eigenvalue weighted by Gasteiger charge is 2.56. The van der Waals surface area contributed by atoms with Crippen molar-refractivity contribution in [3.8, 4) is 0 Å². The number of carbonyl (C=O) groups excluding carboxylic acids is 2. The number of nitrogens with one attached hydrogen (secondary N) is 1. The summed E-state index contributed by atoms with van der Waals surface area (Å²) in [6, 6.07) is 15.9. The number of para-hydroxylation sites is 1. The molecule has 1 N–H and O–H groups in total. The molecule has 35 heavy (non-hydrogen) atoms. The number of piperazine rings is 1. The topological polar surface area (TPSA) is 65.6 Å². The predicted molar refractivity (Wildman–Crippen MR) is 138 cm³/mol. The molecule has 1 aromatic heterocycles. The van der Waals surface area contributed by atoms with E-state index >= 15 is 0 Å². The highest BCUT2D eigenvalue weighted by molar-refractivity contribution is 6.30. The quantitative estimate of drug-likeness (QED) is 0.446. The SMILES string of the molecule is CCCCOCCCN1CC(=O)N2C[C@H](c3ccc(Cl)cc3)c3c([nH]c4ccccc34)[C@@]2(C)C1=O. The number of rotatable bonds is 8. The molecule has 0 saturated carbocycles. The first kappa shape index (κ1) is 23.9. The number of H-pyrrole nitrogens is 1. The average Bonchev–Trinajstić information content (AvgIpc) is 3.26. The summed E-state index contributed by atoms with van der Waals surface area (Å²) in [6.45, 7) is 6.42. The van der Waals surface area contributed by atoms with E-state index in [-0.39, 0.29) is 24.3 Å². The van der Waals surface area contributed by atoms with Gasteiger partial charge in [0.15, 0.2) is 5.54 Å². The number of hydrogen-bond donors (Lipinski definition) is 1. The fourth-order valence-corrected chi connectivity index (χ4v) is 5.68. The number of halogens is 1. The van der Waals surface area contributed by atoms with Gasteiger partial charge in [0.1, 0.15) is 0 Å². The molecule has 3 heterocycles. The standard InChI is InChI=1S/C28H32ClN3O3/c1-3-4-15-35-16-7-14-31-18-24(33)32-17-22(19-10-12-20(29)13-11-19)25-21-8-5-6-9-23(21)30-26(25)28(32,2)27(31)34/h5-6,8-13,22,30H,3-4,7,14-18H2,1-2H3/t22-,28+/m1/s1. The Bertz CT molecular complexity index is 1240. The molecule has 7 heteroatoms. The molecule has 2 aromatic carbocycles. The zero-order chi connectivity index (χ0) is 24.6. The zero-order valence-corrected chi connectivity index (χ0v) is 21.1. The molecule has 2 aliphatic rings. The second-order valence-electron chi connectivity index (χ2n) is 9.69. The Labute approximate surface area is 211 Å². The molecule has 2 amide bonds. The molecular weight excluding hydrogens is 462 g/mol. The maximum Gasteiger partial charge on any atom is 0.254 e. The Hall–Kier alpha value is -2.83. The number of nitrogens with zero attached hydrogens (tertiary/aromatic N) is 2. The number of aromatic nitrogens is 1. The molecule has 0 bridgehead atoms. The van der Waals surface area contributed by atoms with Crippen molar-refractivity contribution in [2.24, 2.45) is 0 Å². The van der Waals surface area contributed by atoms with E-state index in [0.29, 0.717) is 31.1 Å². The van der Waals surface area contributed by atoms with Crippen LogP contribution in [0.4, 0.5) is 0 Å². The normalized spacial score (nSPS) is 22.0. The van der Waals surface area contributed by atoms with E-state index in [2.05, 4.69) is 18.0 Å². The van der Waals surface area contributed by atoms with Gasteiger partial charge in [-0.2, -0.15) is 0 Å². The van der Waals surface area contributed by atoms with E-state index in [1.807, 2.05) is 49.4 Å². The fourth-order valence-electron chi connectivity index (χ4n) is 5.56. The van der Waals surface area contributed by atoms with E-state index < -0.39 is 5.54 Å². The van der Waals surface area contributed by atoms with Gasteiger partial charge in [0, 0.05) is 48.1 Å². The van der Waals surface area contributed by atoms with Crippen molar-refractivity contribution in [3.05, 3.63) is 70.4 Å². The summed E-state index contributed by atoms with van der Waals surface area (Å²) in [4.78, 5) is 34.5. The van der Waals surface area contributed by atoms with Crippen LogP contribution in [0.5, 0.6) is 0 Å². The number of ether oxygens (including phenoxy) is 1. The number of hydrogen-bond acceptors (Lipinski definition) is 3. The third-order valence-corrected chi connectivity index (χ3v) is 7.70. The van der Waals surface area contributed by atoms with Gasteiger partial charge in [-0.15, -0.1) is 0 Å². The van der Waals surface area contributed by atoms with Crippen LogP contribution in [0.2, 0.25) is 5.02 Å². The molecule has 0 aliphatic carbocycles. The van der Waals surface area contributed by atoms with E-state index in [4.69, 9.17) is 16.3 Å². The summed E-state index contributed by atoms with van der Waals surface area (Å²) in [7, 11) is 0. The number of benzene rings is 2. The van der Waals surface area contributed by atoms with Crippen LogP contribution in [-0.2, 0) is 19.9 Å². The first-order valence-electron chi connectivity index (χ1n) is 12.5. The zero-order valence-electron chi connectivity index (χ0n) is 20.4. The van der Waals surface area contributed by atoms with Crippen LogP contribution in [0.25, 0.3) is 10.9 Å².